The number of hydrogen-bond acceptors (Lipinski definition) is 5. The zero-order valence-electron chi connectivity index (χ0n) is 14.9. The summed E-state index contributed by atoms with van der Waals surface area (Å²) in [5.41, 5.74) is 4.05. The van der Waals surface area contributed by atoms with Crippen molar-refractivity contribution in [3.63, 3.8) is 0 Å². The van der Waals surface area contributed by atoms with Crippen LogP contribution in [-0.4, -0.2) is 37.5 Å². The molecule has 0 fully saturated rings. The smallest absolute Gasteiger partial charge is 0.231 e. The van der Waals surface area contributed by atoms with Gasteiger partial charge in [0.25, 0.3) is 0 Å². The predicted octanol–water partition coefficient (Wildman–Crippen LogP) is 2.50. The van der Waals surface area contributed by atoms with Gasteiger partial charge in [-0.2, -0.15) is 0 Å². The van der Waals surface area contributed by atoms with E-state index in [9.17, 15) is 0 Å². The Hall–Kier alpha value is -2.68. The largest absolute Gasteiger partial charge is 0.492 e. The molecule has 1 unspecified atom stereocenters. The van der Waals surface area contributed by atoms with E-state index >= 15 is 0 Å². The van der Waals surface area contributed by atoms with Crippen molar-refractivity contribution in [1.82, 2.24) is 4.90 Å². The molecule has 0 amide bonds. The van der Waals surface area contributed by atoms with Crippen LogP contribution in [0.3, 0.4) is 0 Å². The molecule has 0 aliphatic carbocycles. The molecule has 0 radical (unpaired) electrons. The van der Waals surface area contributed by atoms with Crippen molar-refractivity contribution >= 4 is 0 Å². The van der Waals surface area contributed by atoms with E-state index in [-0.39, 0.29) is 19.4 Å². The number of likely N-dealkylation sites (N-methyl/N-ethyl adjacent to an activating group) is 1. The van der Waals surface area contributed by atoms with Crippen LogP contribution in [0.25, 0.3) is 0 Å². The number of rotatable bonds is 2. The van der Waals surface area contributed by atoms with Crippen LogP contribution in [0.4, 0.5) is 0 Å². The predicted molar refractivity (Wildman–Crippen MR) is 97.4 cm³/mol. The molecule has 5 nitrogen and oxygen atoms in total. The average Bonchev–Trinajstić information content (AvgIpc) is 3.14. The molecule has 0 spiro atoms. The lowest BCUT2D eigenvalue weighted by Crippen LogP contribution is -2.31. The molecule has 0 saturated carbocycles. The summed E-state index contributed by atoms with van der Waals surface area (Å²) in [6, 6.07) is 9.61. The lowest BCUT2D eigenvalue weighted by atomic mass is 9.91. The van der Waals surface area contributed by atoms with Gasteiger partial charge in [-0.05, 0) is 42.8 Å². The number of ether oxygens (including phenoxy) is 3. The quantitative estimate of drug-likeness (QED) is 0.843. The summed E-state index contributed by atoms with van der Waals surface area (Å²) in [5, 5.41) is 9.16. The van der Waals surface area contributed by atoms with Crippen LogP contribution >= 0.6 is 0 Å². The number of fused-ring (bicyclic) bond motifs is 2. The first-order valence-electron chi connectivity index (χ1n) is 8.62. The van der Waals surface area contributed by atoms with Gasteiger partial charge in [-0.3, -0.25) is 4.90 Å². The second kappa shape index (κ2) is 6.91. The van der Waals surface area contributed by atoms with Crippen LogP contribution in [-0.2, 0) is 13.0 Å². The van der Waals surface area contributed by atoms with Crippen LogP contribution in [0.15, 0.2) is 30.3 Å². The number of aliphatic hydroxyl groups excluding tert-OH is 1. The Labute approximate surface area is 153 Å². The molecule has 4 rings (SSSR count). The van der Waals surface area contributed by atoms with Crippen molar-refractivity contribution in [1.29, 1.82) is 0 Å². The third-order valence-electron chi connectivity index (χ3n) is 4.89. The van der Waals surface area contributed by atoms with Gasteiger partial charge in [-0.15, -0.1) is 0 Å². The van der Waals surface area contributed by atoms with Gasteiger partial charge in [0.2, 0.25) is 12.5 Å². The number of nitrogens with zero attached hydrogens (tertiary/aromatic N) is 1. The minimum Gasteiger partial charge on any atom is -0.492 e. The highest BCUT2D eigenvalue weighted by Gasteiger charge is 2.33. The summed E-state index contributed by atoms with van der Waals surface area (Å²) in [4.78, 5) is 2.22. The average molecular weight is 351 g/mol. The van der Waals surface area contributed by atoms with Gasteiger partial charge in [0, 0.05) is 17.7 Å². The van der Waals surface area contributed by atoms with Crippen molar-refractivity contribution in [2.45, 2.75) is 19.1 Å². The van der Waals surface area contributed by atoms with Gasteiger partial charge in [-0.25, -0.2) is 0 Å². The maximum Gasteiger partial charge on any atom is 0.231 e. The molecular weight excluding hydrogens is 330 g/mol. The molecule has 5 heteroatoms. The van der Waals surface area contributed by atoms with Crippen LogP contribution in [0.1, 0.15) is 28.3 Å². The first-order valence-corrected chi connectivity index (χ1v) is 8.62. The third kappa shape index (κ3) is 2.88. The van der Waals surface area contributed by atoms with Gasteiger partial charge >= 0.3 is 0 Å². The Bertz CT molecular complexity index is 880. The van der Waals surface area contributed by atoms with E-state index in [1.165, 1.54) is 5.56 Å². The van der Waals surface area contributed by atoms with E-state index in [0.29, 0.717) is 5.75 Å². The van der Waals surface area contributed by atoms with Crippen molar-refractivity contribution in [3.8, 4) is 29.1 Å². The van der Waals surface area contributed by atoms with Gasteiger partial charge in [-0.1, -0.05) is 24.0 Å². The molecule has 26 heavy (non-hydrogen) atoms. The molecule has 1 N–H and O–H groups in total. The number of benzene rings is 2. The maximum atomic E-state index is 9.16. The highest BCUT2D eigenvalue weighted by molar-refractivity contribution is 5.63. The number of methoxy groups -OCH3 is 1. The van der Waals surface area contributed by atoms with Crippen LogP contribution in [0.5, 0.6) is 17.2 Å². The molecule has 1 atom stereocenters. The Balaban J connectivity index is 1.75. The Kier molecular flexibility index (Phi) is 4.46. The van der Waals surface area contributed by atoms with Crippen molar-refractivity contribution in [2.24, 2.45) is 0 Å². The molecule has 2 aromatic rings. The summed E-state index contributed by atoms with van der Waals surface area (Å²) >= 11 is 0. The standard InChI is InChI=1S/C21H21NO4/c1-22-10-9-16-11-18-20(26-13-25-18)21(24-2)19(16)17(22)8-7-14-3-5-15(12-23)6-4-14/h3-6,11,17,23H,9-10,12-13H2,1-2H3. The first-order chi connectivity index (χ1) is 12.7. The van der Waals surface area contributed by atoms with Crippen molar-refractivity contribution in [2.75, 3.05) is 27.5 Å². The fourth-order valence-electron chi connectivity index (χ4n) is 3.46. The van der Waals surface area contributed by atoms with E-state index in [1.54, 1.807) is 7.11 Å². The van der Waals surface area contributed by atoms with E-state index in [4.69, 9.17) is 19.3 Å². The van der Waals surface area contributed by atoms with Crippen LogP contribution in [0, 0.1) is 11.8 Å². The molecular formula is C21H21NO4. The summed E-state index contributed by atoms with van der Waals surface area (Å²) in [5.74, 6) is 8.77. The highest BCUT2D eigenvalue weighted by Crippen LogP contribution is 2.49. The minimum atomic E-state index is -0.0827. The topological polar surface area (TPSA) is 51.2 Å². The van der Waals surface area contributed by atoms with E-state index in [2.05, 4.69) is 29.9 Å². The second-order valence-corrected chi connectivity index (χ2v) is 6.47. The van der Waals surface area contributed by atoms with Crippen LogP contribution in [0.2, 0.25) is 0 Å². The SMILES string of the molecule is COc1c2c(cc3c1C(C#Cc1ccc(CO)cc1)N(C)CC3)OCO2. The second-order valence-electron chi connectivity index (χ2n) is 6.47. The lowest BCUT2D eigenvalue weighted by molar-refractivity contribution is 0.171. The van der Waals surface area contributed by atoms with E-state index in [1.807, 2.05) is 24.3 Å². The Morgan fingerprint density at radius 1 is 1.27 bits per heavy atom. The maximum absolute atomic E-state index is 9.16. The summed E-state index contributed by atoms with van der Waals surface area (Å²) in [6.45, 7) is 1.17. The molecule has 2 aromatic carbocycles. The molecule has 2 aliphatic rings. The van der Waals surface area contributed by atoms with Gasteiger partial charge < -0.3 is 19.3 Å². The van der Waals surface area contributed by atoms with E-state index in [0.717, 1.165) is 41.2 Å². The van der Waals surface area contributed by atoms with Crippen molar-refractivity contribution < 1.29 is 19.3 Å². The Morgan fingerprint density at radius 3 is 2.81 bits per heavy atom. The monoisotopic (exact) mass is 351 g/mol. The minimum absolute atomic E-state index is 0.0385. The highest BCUT2D eigenvalue weighted by atomic mass is 16.7. The molecule has 2 heterocycles. The summed E-state index contributed by atoms with van der Waals surface area (Å²) < 4.78 is 16.9. The molecule has 2 aliphatic heterocycles. The fraction of sp³-hybridized carbons (Fsp3) is 0.333. The molecule has 134 valence electrons. The van der Waals surface area contributed by atoms with E-state index < -0.39 is 0 Å². The number of hydrogen-bond donors (Lipinski definition) is 1. The normalized spacial score (nSPS) is 18.0. The Morgan fingerprint density at radius 2 is 2.08 bits per heavy atom. The summed E-state index contributed by atoms with van der Waals surface area (Å²) in [6.07, 6.45) is 0.919. The molecule has 0 bridgehead atoms. The van der Waals surface area contributed by atoms with Crippen molar-refractivity contribution in [3.05, 3.63) is 52.6 Å². The zero-order chi connectivity index (χ0) is 18.1. The lowest BCUT2D eigenvalue weighted by Gasteiger charge is -2.32. The van der Waals surface area contributed by atoms with Gasteiger partial charge in [0.1, 0.15) is 6.04 Å². The fourth-order valence-corrected chi connectivity index (χ4v) is 3.46. The zero-order valence-corrected chi connectivity index (χ0v) is 14.9. The molecule has 0 aromatic heterocycles. The summed E-state index contributed by atoms with van der Waals surface area (Å²) in [7, 11) is 3.73. The van der Waals surface area contributed by atoms with Gasteiger partial charge in [0.05, 0.1) is 13.7 Å². The third-order valence-corrected chi connectivity index (χ3v) is 4.89. The first kappa shape index (κ1) is 16.8. The number of aliphatic hydroxyl groups is 1. The van der Waals surface area contributed by atoms with Crippen LogP contribution < -0.4 is 14.2 Å². The molecule has 0 saturated heterocycles. The van der Waals surface area contributed by atoms with Gasteiger partial charge in [0.15, 0.2) is 11.5 Å².